The summed E-state index contributed by atoms with van der Waals surface area (Å²) in [6.07, 6.45) is 0. The smallest absolute Gasteiger partial charge is 0.125 e. The number of hydrogen-bond donors (Lipinski definition) is 1. The molecule has 2 N–H and O–H groups in total. The number of fused-ring (bicyclic) bond motifs is 1. The van der Waals surface area contributed by atoms with Gasteiger partial charge in [0.1, 0.15) is 5.82 Å². The first-order valence-corrected chi connectivity index (χ1v) is 4.34. The summed E-state index contributed by atoms with van der Waals surface area (Å²) in [4.78, 5) is 4.09. The van der Waals surface area contributed by atoms with Gasteiger partial charge in [0.15, 0.2) is 0 Å². The highest BCUT2D eigenvalue weighted by Crippen LogP contribution is 2.22. The molecular formula is C10H6ClN3. The van der Waals surface area contributed by atoms with Crippen molar-refractivity contribution in [1.29, 1.82) is 5.26 Å². The Labute approximate surface area is 85.7 Å². The highest BCUT2D eigenvalue weighted by Gasteiger charge is 2.03. The lowest BCUT2D eigenvalue weighted by Gasteiger charge is -2.01. The van der Waals surface area contributed by atoms with Crippen molar-refractivity contribution in [2.24, 2.45) is 0 Å². The van der Waals surface area contributed by atoms with Gasteiger partial charge in [0.05, 0.1) is 17.1 Å². The summed E-state index contributed by atoms with van der Waals surface area (Å²) in [5.74, 6) is 0.344. The summed E-state index contributed by atoms with van der Waals surface area (Å²) in [7, 11) is 0. The number of pyridine rings is 1. The van der Waals surface area contributed by atoms with Crippen LogP contribution in [0.15, 0.2) is 24.3 Å². The van der Waals surface area contributed by atoms with Gasteiger partial charge in [-0.1, -0.05) is 11.6 Å². The van der Waals surface area contributed by atoms with E-state index in [1.807, 2.05) is 0 Å². The predicted octanol–water partition coefficient (Wildman–Crippen LogP) is 2.34. The van der Waals surface area contributed by atoms with Crippen LogP contribution in [0.4, 0.5) is 5.82 Å². The van der Waals surface area contributed by atoms with Crippen molar-refractivity contribution in [3.63, 3.8) is 0 Å². The monoisotopic (exact) mass is 203 g/mol. The molecule has 68 valence electrons. The average Bonchev–Trinajstić information content (AvgIpc) is 2.17. The standard InChI is InChI=1S/C10H6ClN3/c11-7-1-2-9-8(4-7)6(5-12)3-10(13)14-9/h1-4H,(H2,13,14). The first-order chi connectivity index (χ1) is 6.70. The van der Waals surface area contributed by atoms with Crippen molar-refractivity contribution < 1.29 is 0 Å². The van der Waals surface area contributed by atoms with Gasteiger partial charge in [-0.2, -0.15) is 5.26 Å². The Balaban J connectivity index is 2.90. The highest BCUT2D eigenvalue weighted by atomic mass is 35.5. The molecule has 14 heavy (non-hydrogen) atoms. The molecule has 0 aliphatic rings. The fraction of sp³-hybridized carbons (Fsp3) is 0. The fourth-order valence-corrected chi connectivity index (χ4v) is 1.48. The highest BCUT2D eigenvalue weighted by molar-refractivity contribution is 6.31. The average molecular weight is 204 g/mol. The van der Waals surface area contributed by atoms with Crippen LogP contribution in [-0.4, -0.2) is 4.98 Å². The van der Waals surface area contributed by atoms with Gasteiger partial charge in [0, 0.05) is 10.4 Å². The third-order valence-corrected chi connectivity index (χ3v) is 2.15. The SMILES string of the molecule is N#Cc1cc(N)nc2ccc(Cl)cc12. The van der Waals surface area contributed by atoms with E-state index in [-0.39, 0.29) is 0 Å². The molecular weight excluding hydrogens is 198 g/mol. The van der Waals surface area contributed by atoms with E-state index in [9.17, 15) is 0 Å². The van der Waals surface area contributed by atoms with Crippen LogP contribution in [0.3, 0.4) is 0 Å². The molecule has 2 aromatic rings. The molecule has 0 aliphatic heterocycles. The summed E-state index contributed by atoms with van der Waals surface area (Å²) >= 11 is 5.82. The van der Waals surface area contributed by atoms with Crippen LogP contribution in [0, 0.1) is 11.3 Å². The van der Waals surface area contributed by atoms with Crippen LogP contribution < -0.4 is 5.73 Å². The summed E-state index contributed by atoms with van der Waals surface area (Å²) in [5, 5.41) is 10.2. The molecule has 0 saturated carbocycles. The van der Waals surface area contributed by atoms with Crippen molar-refractivity contribution in [3.8, 4) is 6.07 Å². The molecule has 0 amide bonds. The van der Waals surface area contributed by atoms with E-state index in [1.165, 1.54) is 0 Å². The maximum absolute atomic E-state index is 8.87. The molecule has 0 fully saturated rings. The number of aromatic nitrogens is 1. The van der Waals surface area contributed by atoms with Crippen LogP contribution in [0.5, 0.6) is 0 Å². The van der Waals surface area contributed by atoms with E-state index in [0.717, 1.165) is 5.39 Å². The molecule has 0 saturated heterocycles. The van der Waals surface area contributed by atoms with Gasteiger partial charge in [-0.05, 0) is 24.3 Å². The van der Waals surface area contributed by atoms with Crippen molar-refractivity contribution in [2.45, 2.75) is 0 Å². The lowest BCUT2D eigenvalue weighted by Crippen LogP contribution is -1.92. The van der Waals surface area contributed by atoms with Gasteiger partial charge in [-0.3, -0.25) is 0 Å². The molecule has 0 unspecified atom stereocenters. The van der Waals surface area contributed by atoms with Gasteiger partial charge in [-0.25, -0.2) is 4.98 Å². The molecule has 0 aliphatic carbocycles. The number of anilines is 1. The fourth-order valence-electron chi connectivity index (χ4n) is 1.31. The number of rotatable bonds is 0. The summed E-state index contributed by atoms with van der Waals surface area (Å²) in [6, 6.07) is 8.77. The minimum Gasteiger partial charge on any atom is -0.384 e. The van der Waals surface area contributed by atoms with E-state index >= 15 is 0 Å². The Morgan fingerprint density at radius 1 is 1.36 bits per heavy atom. The maximum Gasteiger partial charge on any atom is 0.125 e. The molecule has 2 rings (SSSR count). The zero-order chi connectivity index (χ0) is 10.1. The molecule has 0 bridgehead atoms. The molecule has 1 heterocycles. The largest absolute Gasteiger partial charge is 0.384 e. The van der Waals surface area contributed by atoms with E-state index in [2.05, 4.69) is 11.1 Å². The van der Waals surface area contributed by atoms with Gasteiger partial charge >= 0.3 is 0 Å². The first kappa shape index (κ1) is 8.79. The molecule has 0 radical (unpaired) electrons. The van der Waals surface area contributed by atoms with Crippen LogP contribution in [0.2, 0.25) is 5.02 Å². The third-order valence-electron chi connectivity index (χ3n) is 1.91. The predicted molar refractivity (Wildman–Crippen MR) is 55.9 cm³/mol. The summed E-state index contributed by atoms with van der Waals surface area (Å²) in [6.45, 7) is 0. The molecule has 1 aromatic heterocycles. The number of nitrogen functional groups attached to an aromatic ring is 1. The molecule has 0 atom stereocenters. The van der Waals surface area contributed by atoms with E-state index < -0.39 is 0 Å². The van der Waals surface area contributed by atoms with E-state index in [1.54, 1.807) is 24.3 Å². The Morgan fingerprint density at radius 2 is 2.14 bits per heavy atom. The maximum atomic E-state index is 8.87. The zero-order valence-corrected chi connectivity index (χ0v) is 7.92. The second kappa shape index (κ2) is 3.17. The number of halogens is 1. The lowest BCUT2D eigenvalue weighted by atomic mass is 10.1. The quantitative estimate of drug-likeness (QED) is 0.715. The normalized spacial score (nSPS) is 10.0. The topological polar surface area (TPSA) is 62.7 Å². The van der Waals surface area contributed by atoms with Crippen LogP contribution in [0.25, 0.3) is 10.9 Å². The number of benzene rings is 1. The molecule has 4 heteroatoms. The minimum absolute atomic E-state index is 0.344. The van der Waals surface area contributed by atoms with E-state index in [0.29, 0.717) is 21.9 Å². The lowest BCUT2D eigenvalue weighted by molar-refractivity contribution is 1.39. The molecule has 3 nitrogen and oxygen atoms in total. The third kappa shape index (κ3) is 1.36. The second-order valence-corrected chi connectivity index (χ2v) is 3.30. The van der Waals surface area contributed by atoms with Crippen molar-refractivity contribution in [1.82, 2.24) is 4.98 Å². The number of nitriles is 1. The van der Waals surface area contributed by atoms with Crippen LogP contribution >= 0.6 is 11.6 Å². The van der Waals surface area contributed by atoms with Gasteiger partial charge in [0.2, 0.25) is 0 Å². The van der Waals surface area contributed by atoms with Crippen molar-refractivity contribution in [3.05, 3.63) is 34.9 Å². The Bertz CT molecular complexity index is 543. The van der Waals surface area contributed by atoms with Crippen LogP contribution in [-0.2, 0) is 0 Å². The number of nitrogens with zero attached hydrogens (tertiary/aromatic N) is 2. The van der Waals surface area contributed by atoms with Gasteiger partial charge < -0.3 is 5.73 Å². The van der Waals surface area contributed by atoms with Crippen LogP contribution in [0.1, 0.15) is 5.56 Å². The second-order valence-electron chi connectivity index (χ2n) is 2.87. The number of nitrogens with two attached hydrogens (primary N) is 1. The Kier molecular flexibility index (Phi) is 1.99. The summed E-state index contributed by atoms with van der Waals surface area (Å²) in [5.41, 5.74) is 6.72. The number of hydrogen-bond acceptors (Lipinski definition) is 3. The minimum atomic E-state index is 0.344. The Hall–Kier alpha value is -1.79. The molecule has 0 spiro atoms. The Morgan fingerprint density at radius 3 is 2.86 bits per heavy atom. The van der Waals surface area contributed by atoms with Crippen molar-refractivity contribution in [2.75, 3.05) is 5.73 Å². The van der Waals surface area contributed by atoms with Crippen molar-refractivity contribution >= 4 is 28.3 Å². The summed E-state index contributed by atoms with van der Waals surface area (Å²) < 4.78 is 0. The van der Waals surface area contributed by atoms with E-state index in [4.69, 9.17) is 22.6 Å². The van der Waals surface area contributed by atoms with Gasteiger partial charge in [-0.15, -0.1) is 0 Å². The zero-order valence-electron chi connectivity index (χ0n) is 7.16. The molecule has 1 aromatic carbocycles. The first-order valence-electron chi connectivity index (χ1n) is 3.96. The van der Waals surface area contributed by atoms with Gasteiger partial charge in [0.25, 0.3) is 0 Å².